The number of aryl methyl sites for hydroxylation is 1. The molecule has 9 heteroatoms. The molecule has 0 aliphatic heterocycles. The van der Waals surface area contributed by atoms with Crippen LogP contribution in [0.3, 0.4) is 0 Å². The van der Waals surface area contributed by atoms with Crippen molar-refractivity contribution in [1.82, 2.24) is 10.6 Å². The topological polar surface area (TPSA) is 89.0 Å². The highest BCUT2D eigenvalue weighted by Gasteiger charge is 2.13. The first-order chi connectivity index (χ1) is 14.5. The van der Waals surface area contributed by atoms with Gasteiger partial charge in [0.05, 0.1) is 24.4 Å². The average molecular weight is 561 g/mol. The summed E-state index contributed by atoms with van der Waals surface area (Å²) in [6.07, 6.45) is 1.76. The van der Waals surface area contributed by atoms with Gasteiger partial charge in [0.2, 0.25) is 0 Å². The van der Waals surface area contributed by atoms with E-state index in [0.717, 1.165) is 29.9 Å². The van der Waals surface area contributed by atoms with Crippen LogP contribution >= 0.6 is 24.0 Å². The summed E-state index contributed by atoms with van der Waals surface area (Å²) in [7, 11) is -0.0118. The van der Waals surface area contributed by atoms with Crippen molar-refractivity contribution in [2.24, 2.45) is 4.99 Å². The zero-order valence-electron chi connectivity index (χ0n) is 18.3. The lowest BCUT2D eigenvalue weighted by Crippen LogP contribution is -2.40. The van der Waals surface area contributed by atoms with E-state index in [-0.39, 0.29) is 36.3 Å². The third kappa shape index (κ3) is 8.94. The Morgan fingerprint density at radius 3 is 2.39 bits per heavy atom. The lowest BCUT2D eigenvalue weighted by Gasteiger charge is -2.13. The van der Waals surface area contributed by atoms with Crippen LogP contribution in [0.5, 0.6) is 11.5 Å². The summed E-state index contributed by atoms with van der Waals surface area (Å²) in [6, 6.07) is 14.4. The Bertz CT molecular complexity index is 922. The molecule has 0 fully saturated rings. The monoisotopic (exact) mass is 561 g/mol. The molecule has 2 rings (SSSR count). The number of benzene rings is 2. The molecular weight excluding hydrogens is 529 g/mol. The van der Waals surface area contributed by atoms with Gasteiger partial charge >= 0.3 is 0 Å². The van der Waals surface area contributed by atoms with Gasteiger partial charge in [-0.05, 0) is 49.6 Å². The molecule has 0 aliphatic rings. The molecule has 0 atom stereocenters. The molecule has 0 saturated carbocycles. The van der Waals surface area contributed by atoms with Gasteiger partial charge in [-0.1, -0.05) is 24.3 Å². The average Bonchev–Trinajstić information content (AvgIpc) is 2.76. The standard InChI is InChI=1S/C22H31N3O4S.HI/c1-4-29-21-17-18(12-13-20(21)28-3)9-8-14-24-22(23-2)25-15-16-30(26,27)19-10-6-5-7-11-19;/h5-7,10-13,17H,4,8-9,14-16H2,1-3H3,(H2,23,24,25);1H. The van der Waals surface area contributed by atoms with Crippen molar-refractivity contribution >= 4 is 39.8 Å². The van der Waals surface area contributed by atoms with Crippen LogP contribution in [0.1, 0.15) is 18.9 Å². The quantitative estimate of drug-likeness (QED) is 0.190. The Balaban J connectivity index is 0.00000480. The summed E-state index contributed by atoms with van der Waals surface area (Å²) in [5, 5.41) is 6.27. The molecule has 0 unspecified atom stereocenters. The Kier molecular flexibility index (Phi) is 12.3. The predicted molar refractivity (Wildman–Crippen MR) is 136 cm³/mol. The molecule has 0 aromatic heterocycles. The number of methoxy groups -OCH3 is 1. The lowest BCUT2D eigenvalue weighted by molar-refractivity contribution is 0.310. The summed E-state index contributed by atoms with van der Waals surface area (Å²) < 4.78 is 35.6. The number of ether oxygens (including phenoxy) is 2. The van der Waals surface area contributed by atoms with Crippen LogP contribution in [0, 0.1) is 0 Å². The number of hydrogen-bond donors (Lipinski definition) is 2. The van der Waals surface area contributed by atoms with E-state index in [9.17, 15) is 8.42 Å². The second-order valence-electron chi connectivity index (χ2n) is 6.58. The van der Waals surface area contributed by atoms with E-state index in [1.165, 1.54) is 0 Å². The predicted octanol–water partition coefficient (Wildman–Crippen LogP) is 3.28. The van der Waals surface area contributed by atoms with Gasteiger partial charge in [-0.15, -0.1) is 24.0 Å². The molecule has 2 aromatic carbocycles. The summed E-state index contributed by atoms with van der Waals surface area (Å²) in [6.45, 7) is 3.53. The van der Waals surface area contributed by atoms with E-state index in [1.807, 2.05) is 25.1 Å². The number of sulfone groups is 1. The van der Waals surface area contributed by atoms with Gasteiger partial charge < -0.3 is 20.1 Å². The van der Waals surface area contributed by atoms with Crippen LogP contribution in [0.2, 0.25) is 0 Å². The number of nitrogens with one attached hydrogen (secondary N) is 2. The molecule has 0 aliphatic carbocycles. The maximum atomic E-state index is 12.3. The fraction of sp³-hybridized carbons (Fsp3) is 0.409. The number of halogens is 1. The highest BCUT2D eigenvalue weighted by molar-refractivity contribution is 14.0. The van der Waals surface area contributed by atoms with Crippen molar-refractivity contribution in [1.29, 1.82) is 0 Å². The largest absolute Gasteiger partial charge is 0.493 e. The molecule has 2 aromatic rings. The molecule has 172 valence electrons. The number of aliphatic imine (C=N–C) groups is 1. The first-order valence-corrected chi connectivity index (χ1v) is 11.7. The van der Waals surface area contributed by atoms with E-state index >= 15 is 0 Å². The van der Waals surface area contributed by atoms with E-state index in [0.29, 0.717) is 24.0 Å². The molecule has 0 amide bonds. The van der Waals surface area contributed by atoms with Crippen LogP contribution in [0.4, 0.5) is 0 Å². The van der Waals surface area contributed by atoms with E-state index < -0.39 is 9.84 Å². The summed E-state index contributed by atoms with van der Waals surface area (Å²) in [5.74, 6) is 2.07. The van der Waals surface area contributed by atoms with Crippen molar-refractivity contribution < 1.29 is 17.9 Å². The number of rotatable bonds is 11. The van der Waals surface area contributed by atoms with Gasteiger partial charge in [-0.2, -0.15) is 0 Å². The van der Waals surface area contributed by atoms with Crippen molar-refractivity contribution in [3.63, 3.8) is 0 Å². The number of nitrogens with zero attached hydrogens (tertiary/aromatic N) is 1. The van der Waals surface area contributed by atoms with Gasteiger partial charge in [-0.3, -0.25) is 4.99 Å². The molecule has 0 bridgehead atoms. The summed E-state index contributed by atoms with van der Waals surface area (Å²) >= 11 is 0. The third-order valence-electron chi connectivity index (χ3n) is 4.45. The first kappa shape index (κ1) is 27.0. The fourth-order valence-corrected chi connectivity index (χ4v) is 4.09. The van der Waals surface area contributed by atoms with Crippen LogP contribution in [-0.4, -0.2) is 54.0 Å². The van der Waals surface area contributed by atoms with Crippen molar-refractivity contribution in [2.75, 3.05) is 39.6 Å². The molecule has 0 spiro atoms. The molecule has 0 saturated heterocycles. The van der Waals surface area contributed by atoms with E-state index in [2.05, 4.69) is 15.6 Å². The van der Waals surface area contributed by atoms with Gasteiger partial charge in [0, 0.05) is 20.1 Å². The number of guanidine groups is 1. The highest BCUT2D eigenvalue weighted by Crippen LogP contribution is 2.28. The number of hydrogen-bond acceptors (Lipinski definition) is 5. The molecule has 7 nitrogen and oxygen atoms in total. The van der Waals surface area contributed by atoms with Crippen LogP contribution in [0.25, 0.3) is 0 Å². The molecular formula is C22H32IN3O4S. The second-order valence-corrected chi connectivity index (χ2v) is 8.69. The van der Waals surface area contributed by atoms with Gasteiger partial charge in [-0.25, -0.2) is 8.42 Å². The minimum atomic E-state index is -3.31. The second kappa shape index (κ2) is 14.1. The fourth-order valence-electron chi connectivity index (χ4n) is 2.91. The van der Waals surface area contributed by atoms with E-state index in [4.69, 9.17) is 9.47 Å². The van der Waals surface area contributed by atoms with Gasteiger partial charge in [0.15, 0.2) is 27.3 Å². The van der Waals surface area contributed by atoms with Crippen LogP contribution in [0.15, 0.2) is 58.4 Å². The van der Waals surface area contributed by atoms with E-state index in [1.54, 1.807) is 44.5 Å². The minimum absolute atomic E-state index is 0. The molecule has 0 radical (unpaired) electrons. The smallest absolute Gasteiger partial charge is 0.191 e. The van der Waals surface area contributed by atoms with Crippen molar-refractivity contribution in [3.05, 3.63) is 54.1 Å². The maximum Gasteiger partial charge on any atom is 0.191 e. The zero-order chi connectivity index (χ0) is 21.8. The SMILES string of the molecule is CCOc1cc(CCCNC(=NC)NCCS(=O)(=O)c2ccccc2)ccc1OC.I. The Labute approximate surface area is 202 Å². The van der Waals surface area contributed by atoms with Gasteiger partial charge in [0.1, 0.15) is 0 Å². The molecule has 0 heterocycles. The molecule has 31 heavy (non-hydrogen) atoms. The molecule has 2 N–H and O–H groups in total. The van der Waals surface area contributed by atoms with Crippen molar-refractivity contribution in [2.45, 2.75) is 24.7 Å². The zero-order valence-corrected chi connectivity index (χ0v) is 21.4. The van der Waals surface area contributed by atoms with Crippen LogP contribution < -0.4 is 20.1 Å². The lowest BCUT2D eigenvalue weighted by atomic mass is 10.1. The van der Waals surface area contributed by atoms with Crippen molar-refractivity contribution in [3.8, 4) is 11.5 Å². The third-order valence-corrected chi connectivity index (χ3v) is 6.18. The highest BCUT2D eigenvalue weighted by atomic mass is 127. The summed E-state index contributed by atoms with van der Waals surface area (Å²) in [5.41, 5.74) is 1.16. The normalized spacial score (nSPS) is 11.4. The first-order valence-electron chi connectivity index (χ1n) is 10.0. The Hall–Kier alpha value is -2.01. The Morgan fingerprint density at radius 2 is 1.74 bits per heavy atom. The summed E-state index contributed by atoms with van der Waals surface area (Å²) in [4.78, 5) is 4.48. The Morgan fingerprint density at radius 1 is 1.03 bits per heavy atom. The maximum absolute atomic E-state index is 12.3. The minimum Gasteiger partial charge on any atom is -0.493 e. The van der Waals surface area contributed by atoms with Crippen LogP contribution in [-0.2, 0) is 16.3 Å². The van der Waals surface area contributed by atoms with Gasteiger partial charge in [0.25, 0.3) is 0 Å².